The molecule has 0 bridgehead atoms. The molecular weight excluding hydrogens is 380 g/mol. The van der Waals surface area contributed by atoms with Gasteiger partial charge < -0.3 is 5.32 Å². The minimum atomic E-state index is -3.68. The lowest BCUT2D eigenvalue weighted by atomic mass is 9.89. The number of nitrogens with zero attached hydrogens (tertiary/aromatic N) is 2. The summed E-state index contributed by atoms with van der Waals surface area (Å²) < 4.78 is 22.9. The normalized spacial score (nSPS) is 18.3. The van der Waals surface area contributed by atoms with Crippen LogP contribution >= 0.6 is 11.3 Å². The van der Waals surface area contributed by atoms with Crippen molar-refractivity contribution in [3.05, 3.63) is 46.6 Å². The van der Waals surface area contributed by atoms with Crippen LogP contribution in [0.5, 0.6) is 0 Å². The molecule has 4 rings (SSSR count). The Hall–Kier alpha value is -2.03. The maximum atomic E-state index is 11.4. The molecule has 2 heterocycles. The van der Waals surface area contributed by atoms with Gasteiger partial charge in [0, 0.05) is 10.9 Å². The number of anilines is 1. The molecule has 2 atom stereocenters. The highest BCUT2D eigenvalue weighted by atomic mass is 32.2. The maximum absolute atomic E-state index is 11.4. The first-order valence-corrected chi connectivity index (χ1v) is 11.3. The van der Waals surface area contributed by atoms with Crippen LogP contribution in [0.15, 0.2) is 35.5 Å². The molecule has 0 saturated carbocycles. The Balaban J connectivity index is 1.65. The quantitative estimate of drug-likeness (QED) is 0.694. The van der Waals surface area contributed by atoms with Crippen molar-refractivity contribution >= 4 is 37.4 Å². The van der Waals surface area contributed by atoms with Crippen molar-refractivity contribution in [2.75, 3.05) is 5.32 Å². The molecule has 1 aromatic carbocycles. The van der Waals surface area contributed by atoms with Gasteiger partial charge in [-0.05, 0) is 55.4 Å². The Morgan fingerprint density at radius 2 is 2.00 bits per heavy atom. The van der Waals surface area contributed by atoms with E-state index in [1.54, 1.807) is 29.8 Å². The molecule has 0 amide bonds. The van der Waals surface area contributed by atoms with Crippen LogP contribution in [0.1, 0.15) is 42.3 Å². The topological polar surface area (TPSA) is 98.0 Å². The lowest BCUT2D eigenvalue weighted by Crippen LogP contribution is -2.13. The van der Waals surface area contributed by atoms with E-state index in [1.165, 1.54) is 29.0 Å². The summed E-state index contributed by atoms with van der Waals surface area (Å²) in [5.41, 5.74) is 2.35. The van der Waals surface area contributed by atoms with E-state index in [-0.39, 0.29) is 10.9 Å². The summed E-state index contributed by atoms with van der Waals surface area (Å²) >= 11 is 1.77. The predicted molar refractivity (Wildman–Crippen MR) is 108 cm³/mol. The fourth-order valence-electron chi connectivity index (χ4n) is 3.62. The van der Waals surface area contributed by atoms with Gasteiger partial charge in [0.2, 0.25) is 10.0 Å². The van der Waals surface area contributed by atoms with Crippen LogP contribution in [0.25, 0.3) is 10.2 Å². The molecule has 0 radical (unpaired) electrons. The van der Waals surface area contributed by atoms with E-state index in [1.807, 2.05) is 6.92 Å². The van der Waals surface area contributed by atoms with Gasteiger partial charge in [-0.2, -0.15) is 0 Å². The van der Waals surface area contributed by atoms with Gasteiger partial charge in [-0.15, -0.1) is 11.3 Å². The highest BCUT2D eigenvalue weighted by molar-refractivity contribution is 7.89. The summed E-state index contributed by atoms with van der Waals surface area (Å²) in [4.78, 5) is 11.5. The first kappa shape index (κ1) is 18.3. The van der Waals surface area contributed by atoms with Crippen LogP contribution in [-0.4, -0.2) is 18.4 Å². The molecule has 1 aliphatic carbocycles. The second-order valence-corrected chi connectivity index (χ2v) is 9.88. The van der Waals surface area contributed by atoms with E-state index in [0.717, 1.165) is 34.4 Å². The Labute approximate surface area is 162 Å². The Bertz CT molecular complexity index is 1090. The van der Waals surface area contributed by atoms with E-state index >= 15 is 0 Å². The third-order valence-corrected chi connectivity index (χ3v) is 7.25. The summed E-state index contributed by atoms with van der Waals surface area (Å²) in [6.45, 7) is 4.33. The largest absolute Gasteiger partial charge is 0.363 e. The van der Waals surface area contributed by atoms with Crippen LogP contribution in [0.3, 0.4) is 0 Å². The van der Waals surface area contributed by atoms with Crippen molar-refractivity contribution in [2.24, 2.45) is 11.1 Å². The monoisotopic (exact) mass is 402 g/mol. The number of hydrogen-bond donors (Lipinski definition) is 2. The van der Waals surface area contributed by atoms with Crippen molar-refractivity contribution in [2.45, 2.75) is 44.0 Å². The molecule has 27 heavy (non-hydrogen) atoms. The second kappa shape index (κ2) is 6.85. The molecule has 6 nitrogen and oxygen atoms in total. The van der Waals surface area contributed by atoms with Crippen LogP contribution in [0, 0.1) is 5.92 Å². The molecule has 3 aromatic rings. The fourth-order valence-corrected chi connectivity index (χ4v) is 5.48. The number of hydrogen-bond acceptors (Lipinski definition) is 6. The highest BCUT2D eigenvalue weighted by Crippen LogP contribution is 2.40. The average Bonchev–Trinajstić information content (AvgIpc) is 2.99. The van der Waals surface area contributed by atoms with Crippen LogP contribution in [-0.2, 0) is 22.9 Å². The van der Waals surface area contributed by atoms with Gasteiger partial charge in [0.15, 0.2) is 0 Å². The van der Waals surface area contributed by atoms with E-state index in [0.29, 0.717) is 5.92 Å². The summed E-state index contributed by atoms with van der Waals surface area (Å²) in [5.74, 6) is 1.56. The SMILES string of the molecule is C[C@H]1CCc2c(sc3ncnc(N[C@@H](C)c4ccc(S(N)(=O)=O)cc4)c23)C1. The number of aryl methyl sites for hydroxylation is 1. The van der Waals surface area contributed by atoms with Gasteiger partial charge in [0.05, 0.1) is 10.3 Å². The number of sulfonamides is 1. The van der Waals surface area contributed by atoms with Gasteiger partial charge in [0.1, 0.15) is 17.0 Å². The zero-order valence-corrected chi connectivity index (χ0v) is 16.9. The third kappa shape index (κ3) is 3.56. The lowest BCUT2D eigenvalue weighted by Gasteiger charge is -2.19. The Kier molecular flexibility index (Phi) is 4.65. The molecule has 2 aromatic heterocycles. The summed E-state index contributed by atoms with van der Waals surface area (Å²) in [6, 6.07) is 6.59. The zero-order chi connectivity index (χ0) is 19.2. The molecule has 8 heteroatoms. The number of benzene rings is 1. The number of rotatable bonds is 4. The molecular formula is C19H22N4O2S2. The predicted octanol–water partition coefficient (Wildman–Crippen LogP) is 3.64. The van der Waals surface area contributed by atoms with Crippen molar-refractivity contribution in [1.29, 1.82) is 0 Å². The highest BCUT2D eigenvalue weighted by Gasteiger charge is 2.23. The van der Waals surface area contributed by atoms with Gasteiger partial charge >= 0.3 is 0 Å². The van der Waals surface area contributed by atoms with Crippen molar-refractivity contribution in [1.82, 2.24) is 9.97 Å². The van der Waals surface area contributed by atoms with Gasteiger partial charge in [0.25, 0.3) is 0 Å². The number of nitrogens with two attached hydrogens (primary N) is 1. The van der Waals surface area contributed by atoms with Gasteiger partial charge in [-0.3, -0.25) is 0 Å². The van der Waals surface area contributed by atoms with Crippen molar-refractivity contribution in [3.63, 3.8) is 0 Å². The smallest absolute Gasteiger partial charge is 0.238 e. The Morgan fingerprint density at radius 1 is 1.26 bits per heavy atom. The fraction of sp³-hybridized carbons (Fsp3) is 0.368. The first-order chi connectivity index (χ1) is 12.8. The van der Waals surface area contributed by atoms with Crippen LogP contribution < -0.4 is 10.5 Å². The summed E-state index contributed by atoms with van der Waals surface area (Å²) in [6.07, 6.45) is 4.97. The van der Waals surface area contributed by atoms with Crippen LogP contribution in [0.2, 0.25) is 0 Å². The second-order valence-electron chi connectivity index (χ2n) is 7.23. The van der Waals surface area contributed by atoms with E-state index in [4.69, 9.17) is 5.14 Å². The Morgan fingerprint density at radius 3 is 2.70 bits per heavy atom. The number of primary sulfonamides is 1. The third-order valence-electron chi connectivity index (χ3n) is 5.15. The molecule has 0 aliphatic heterocycles. The van der Waals surface area contributed by atoms with Crippen LogP contribution in [0.4, 0.5) is 5.82 Å². The molecule has 142 valence electrons. The molecule has 0 spiro atoms. The van der Waals surface area contributed by atoms with Gasteiger partial charge in [-0.1, -0.05) is 19.1 Å². The standard InChI is InChI=1S/C19H22N4O2S2/c1-11-3-8-15-16(9-11)26-19-17(15)18(21-10-22-19)23-12(2)13-4-6-14(7-5-13)27(20,24)25/h4-7,10-12H,3,8-9H2,1-2H3,(H2,20,24,25)(H,21,22,23)/t11-,12-/m0/s1. The van der Waals surface area contributed by atoms with Crippen molar-refractivity contribution < 1.29 is 8.42 Å². The lowest BCUT2D eigenvalue weighted by molar-refractivity contribution is 0.509. The molecule has 0 unspecified atom stereocenters. The first-order valence-electron chi connectivity index (χ1n) is 8.97. The maximum Gasteiger partial charge on any atom is 0.238 e. The minimum Gasteiger partial charge on any atom is -0.363 e. The zero-order valence-electron chi connectivity index (χ0n) is 15.3. The molecule has 1 aliphatic rings. The minimum absolute atomic E-state index is 0.0318. The van der Waals surface area contributed by atoms with Gasteiger partial charge in [-0.25, -0.2) is 23.5 Å². The average molecular weight is 403 g/mol. The van der Waals surface area contributed by atoms with E-state index in [9.17, 15) is 8.42 Å². The number of thiophene rings is 1. The molecule has 3 N–H and O–H groups in total. The summed E-state index contributed by atoms with van der Waals surface area (Å²) in [5, 5.41) is 9.79. The number of fused-ring (bicyclic) bond motifs is 3. The number of aromatic nitrogens is 2. The van der Waals surface area contributed by atoms with E-state index in [2.05, 4.69) is 22.2 Å². The van der Waals surface area contributed by atoms with Crippen molar-refractivity contribution in [3.8, 4) is 0 Å². The summed E-state index contributed by atoms with van der Waals surface area (Å²) in [7, 11) is -3.68. The molecule has 0 saturated heterocycles. The van der Waals surface area contributed by atoms with E-state index < -0.39 is 10.0 Å². The number of nitrogens with one attached hydrogen (secondary N) is 1. The molecule has 0 fully saturated rings.